The summed E-state index contributed by atoms with van der Waals surface area (Å²) in [5.41, 5.74) is 2.63. The van der Waals surface area contributed by atoms with E-state index in [1.807, 2.05) is 42.3 Å². The van der Waals surface area contributed by atoms with E-state index in [-0.39, 0.29) is 11.3 Å². The Balaban J connectivity index is 1.88. The Labute approximate surface area is 208 Å². The first-order valence-corrected chi connectivity index (χ1v) is 12.5. The van der Waals surface area contributed by atoms with Crippen molar-refractivity contribution < 1.29 is 4.79 Å². The van der Waals surface area contributed by atoms with Gasteiger partial charge >= 0.3 is 0 Å². The summed E-state index contributed by atoms with van der Waals surface area (Å²) in [5.74, 6) is 0.120. The minimum Gasteiger partial charge on any atom is -0.327 e. The van der Waals surface area contributed by atoms with Crippen molar-refractivity contribution in [3.05, 3.63) is 68.1 Å². The fourth-order valence-electron chi connectivity index (χ4n) is 4.02. The maximum atomic E-state index is 13.5. The maximum Gasteiger partial charge on any atom is 0.224 e. The molecule has 0 saturated carbocycles. The smallest absolute Gasteiger partial charge is 0.224 e. The first-order valence-electron chi connectivity index (χ1n) is 9.81. The molecule has 1 N–H and O–H groups in total. The molecule has 4 nitrogen and oxygen atoms in total. The van der Waals surface area contributed by atoms with Crippen molar-refractivity contribution in [2.24, 2.45) is 0 Å². The molecule has 0 aliphatic carbocycles. The van der Waals surface area contributed by atoms with Crippen LogP contribution in [0.15, 0.2) is 51.4 Å². The van der Waals surface area contributed by atoms with Crippen LogP contribution in [0.4, 0.5) is 0 Å². The number of hydrogen-bond acceptors (Lipinski definition) is 3. The summed E-state index contributed by atoms with van der Waals surface area (Å²) in [5, 5.41) is 12.5. The Morgan fingerprint density at radius 2 is 1.77 bits per heavy atom. The number of nitrogens with one attached hydrogen (secondary N) is 1. The monoisotopic (exact) mass is 643 g/mol. The molecule has 2 aromatic carbocycles. The van der Waals surface area contributed by atoms with Gasteiger partial charge in [0.05, 0.1) is 11.6 Å². The van der Waals surface area contributed by atoms with E-state index < -0.39 is 3.55 Å². The van der Waals surface area contributed by atoms with E-state index in [1.54, 1.807) is 0 Å². The van der Waals surface area contributed by atoms with Crippen molar-refractivity contribution >= 4 is 60.4 Å². The Kier molecular flexibility index (Phi) is 7.65. The van der Waals surface area contributed by atoms with Crippen LogP contribution >= 0.6 is 54.5 Å². The number of carbonyl (C=O) groups is 1. The first kappa shape index (κ1) is 23.7. The van der Waals surface area contributed by atoms with Crippen LogP contribution in [0.1, 0.15) is 42.9 Å². The molecule has 1 amide bonds. The van der Waals surface area contributed by atoms with Gasteiger partial charge in [0.15, 0.2) is 0 Å². The lowest BCUT2D eigenvalue weighted by molar-refractivity contribution is -0.134. The molecule has 158 valence electrons. The molecule has 0 bridgehead atoms. The number of piperidine rings is 1. The first-order chi connectivity index (χ1) is 14.2. The lowest BCUT2D eigenvalue weighted by Crippen LogP contribution is -2.47. The lowest BCUT2D eigenvalue weighted by atomic mass is 9.70. The summed E-state index contributed by atoms with van der Waals surface area (Å²) in [6.07, 6.45) is 2.25. The number of hydrogen-bond donors (Lipinski definition) is 1. The number of nitriles is 1. The standard InChI is InChI=1S/C23H24Br2IN3O/c1-22(26,18-11-19(24)13-20(25)12-18)29(2)21(30)14-23(7-9-28-10-8-23)17-5-3-16(15-27)4-6-17/h3-6,11-13,28H,7-10,14H2,1-2H3. The summed E-state index contributed by atoms with van der Waals surface area (Å²) < 4.78 is 1.46. The van der Waals surface area contributed by atoms with Gasteiger partial charge in [-0.3, -0.25) is 4.79 Å². The van der Waals surface area contributed by atoms with Crippen LogP contribution in [0.5, 0.6) is 0 Å². The summed E-state index contributed by atoms with van der Waals surface area (Å²) in [7, 11) is 1.89. The van der Waals surface area contributed by atoms with E-state index in [0.717, 1.165) is 46.0 Å². The van der Waals surface area contributed by atoms with Gasteiger partial charge in [-0.05, 0) is 96.9 Å². The predicted octanol–water partition coefficient (Wildman–Crippen LogP) is 5.86. The summed E-state index contributed by atoms with van der Waals surface area (Å²) >= 11 is 9.46. The van der Waals surface area contributed by atoms with Crippen LogP contribution in [-0.2, 0) is 13.8 Å². The predicted molar refractivity (Wildman–Crippen MR) is 136 cm³/mol. The summed E-state index contributed by atoms with van der Waals surface area (Å²) in [6.45, 7) is 3.84. The molecule has 30 heavy (non-hydrogen) atoms. The normalized spacial score (nSPS) is 17.6. The molecular weight excluding hydrogens is 621 g/mol. The minimum absolute atomic E-state index is 0.120. The Morgan fingerprint density at radius 3 is 2.30 bits per heavy atom. The number of halogens is 3. The molecule has 0 aromatic heterocycles. The van der Waals surface area contributed by atoms with Gasteiger partial charge < -0.3 is 10.2 Å². The van der Waals surface area contributed by atoms with E-state index in [2.05, 4.69) is 84.9 Å². The van der Waals surface area contributed by atoms with Gasteiger partial charge in [0.2, 0.25) is 5.91 Å². The number of amides is 1. The quantitative estimate of drug-likeness (QED) is 0.252. The van der Waals surface area contributed by atoms with Crippen LogP contribution < -0.4 is 5.32 Å². The van der Waals surface area contributed by atoms with Crippen LogP contribution in [0.3, 0.4) is 0 Å². The third kappa shape index (κ3) is 5.09. The highest BCUT2D eigenvalue weighted by atomic mass is 127. The third-order valence-corrected chi connectivity index (χ3v) is 8.33. The topological polar surface area (TPSA) is 56.1 Å². The van der Waals surface area contributed by atoms with E-state index in [9.17, 15) is 4.79 Å². The molecule has 1 unspecified atom stereocenters. The third-order valence-electron chi connectivity index (χ3n) is 6.07. The lowest BCUT2D eigenvalue weighted by Gasteiger charge is -2.41. The van der Waals surface area contributed by atoms with Crippen LogP contribution in [0.25, 0.3) is 0 Å². The number of rotatable bonds is 5. The molecule has 3 rings (SSSR count). The molecule has 0 radical (unpaired) electrons. The second-order valence-electron chi connectivity index (χ2n) is 7.96. The maximum absolute atomic E-state index is 13.5. The molecule has 1 aliphatic rings. The molecule has 1 aliphatic heterocycles. The molecule has 1 fully saturated rings. The van der Waals surface area contributed by atoms with Crippen LogP contribution in [0, 0.1) is 11.3 Å². The minimum atomic E-state index is -0.486. The summed E-state index contributed by atoms with van der Waals surface area (Å²) in [4.78, 5) is 15.4. The van der Waals surface area contributed by atoms with Gasteiger partial charge in [-0.25, -0.2) is 0 Å². The van der Waals surface area contributed by atoms with E-state index in [4.69, 9.17) is 5.26 Å². The highest BCUT2D eigenvalue weighted by Crippen LogP contribution is 2.41. The molecule has 7 heteroatoms. The molecule has 1 saturated heterocycles. The van der Waals surface area contributed by atoms with Gasteiger partial charge in [0.1, 0.15) is 3.55 Å². The summed E-state index contributed by atoms with van der Waals surface area (Å²) in [6, 6.07) is 16.0. The fourth-order valence-corrected chi connectivity index (χ4v) is 5.90. The van der Waals surface area contributed by atoms with Gasteiger partial charge in [-0.2, -0.15) is 5.26 Å². The zero-order valence-corrected chi connectivity index (χ0v) is 22.3. The Morgan fingerprint density at radius 1 is 1.20 bits per heavy atom. The highest BCUT2D eigenvalue weighted by Gasteiger charge is 2.40. The fraction of sp³-hybridized carbons (Fsp3) is 0.391. The van der Waals surface area contributed by atoms with Crippen molar-refractivity contribution in [3.63, 3.8) is 0 Å². The number of alkyl halides is 1. The number of carbonyl (C=O) groups excluding carboxylic acids is 1. The van der Waals surface area contributed by atoms with Gasteiger partial charge in [0, 0.05) is 27.8 Å². The SMILES string of the molecule is CN(C(=O)CC1(c2ccc(C#N)cc2)CCNCC1)C(C)(I)c1cc(Br)cc(Br)c1. The molecule has 1 atom stereocenters. The Hall–Kier alpha value is -0.950. The zero-order chi connectivity index (χ0) is 21.9. The largest absolute Gasteiger partial charge is 0.327 e. The molecule has 0 spiro atoms. The Bertz CT molecular complexity index is 943. The van der Waals surface area contributed by atoms with Crippen LogP contribution in [-0.4, -0.2) is 30.9 Å². The van der Waals surface area contributed by atoms with Crippen molar-refractivity contribution in [2.75, 3.05) is 20.1 Å². The average molecular weight is 645 g/mol. The van der Waals surface area contributed by atoms with E-state index in [1.165, 1.54) is 0 Å². The number of nitrogens with zero attached hydrogens (tertiary/aromatic N) is 2. The zero-order valence-electron chi connectivity index (χ0n) is 17.0. The van der Waals surface area contributed by atoms with E-state index >= 15 is 0 Å². The van der Waals surface area contributed by atoms with Crippen molar-refractivity contribution in [2.45, 2.75) is 35.1 Å². The molecule has 2 aromatic rings. The number of benzene rings is 2. The average Bonchev–Trinajstić information content (AvgIpc) is 2.73. The van der Waals surface area contributed by atoms with Crippen molar-refractivity contribution in [1.29, 1.82) is 5.26 Å². The van der Waals surface area contributed by atoms with Crippen molar-refractivity contribution in [1.82, 2.24) is 10.2 Å². The van der Waals surface area contributed by atoms with Gasteiger partial charge in [-0.15, -0.1) is 0 Å². The molecule has 1 heterocycles. The molecular formula is C23H24Br2IN3O. The van der Waals surface area contributed by atoms with Crippen LogP contribution in [0.2, 0.25) is 0 Å². The van der Waals surface area contributed by atoms with E-state index in [0.29, 0.717) is 12.0 Å². The second-order valence-corrected chi connectivity index (χ2v) is 11.9. The van der Waals surface area contributed by atoms with Gasteiger partial charge in [0.25, 0.3) is 0 Å². The highest BCUT2D eigenvalue weighted by molar-refractivity contribution is 14.1. The van der Waals surface area contributed by atoms with Crippen molar-refractivity contribution in [3.8, 4) is 6.07 Å². The second kappa shape index (κ2) is 9.68. The van der Waals surface area contributed by atoms with Gasteiger partial charge in [-0.1, -0.05) is 44.0 Å².